The van der Waals surface area contributed by atoms with Crippen molar-refractivity contribution in [3.8, 4) is 17.2 Å². The number of nitrogens with two attached hydrogens (primary N) is 1. The van der Waals surface area contributed by atoms with Crippen molar-refractivity contribution in [1.82, 2.24) is 0 Å². The Bertz CT molecular complexity index is 420. The van der Waals surface area contributed by atoms with Crippen molar-refractivity contribution < 1.29 is 19.0 Å². The Morgan fingerprint density at radius 1 is 1.19 bits per heavy atom. The van der Waals surface area contributed by atoms with Crippen molar-refractivity contribution in [2.75, 3.05) is 21.3 Å². The molecule has 5 nitrogen and oxygen atoms in total. The lowest BCUT2D eigenvalue weighted by atomic mass is 10.1. The van der Waals surface area contributed by atoms with Crippen LogP contribution in [-0.2, 0) is 0 Å². The first-order valence-electron chi connectivity index (χ1n) is 4.35. The lowest BCUT2D eigenvalue weighted by Crippen LogP contribution is -2.12. The molecule has 0 heterocycles. The van der Waals surface area contributed by atoms with Crippen molar-refractivity contribution in [2.45, 2.75) is 0 Å². The minimum atomic E-state index is -0.663. The van der Waals surface area contributed by atoms with Gasteiger partial charge in [-0.05, 0) is 6.07 Å². The van der Waals surface area contributed by atoms with Gasteiger partial charge in [-0.3, -0.25) is 4.79 Å². The fourth-order valence-electron chi connectivity index (χ4n) is 1.30. The molecule has 1 aromatic rings. The number of primary amides is 1. The molecule has 0 aromatic heterocycles. The lowest BCUT2D eigenvalue weighted by Gasteiger charge is -2.15. The van der Waals surface area contributed by atoms with Crippen molar-refractivity contribution in [3.05, 3.63) is 16.7 Å². The predicted molar refractivity (Wildman–Crippen MR) is 59.6 cm³/mol. The fourth-order valence-corrected chi connectivity index (χ4v) is 1.61. The number of methoxy groups -OCH3 is 3. The maximum atomic E-state index is 11.1. The molecule has 2 N–H and O–H groups in total. The molecule has 0 aliphatic rings. The smallest absolute Gasteiger partial charge is 0.250 e. The number of rotatable bonds is 4. The van der Waals surface area contributed by atoms with Gasteiger partial charge in [-0.2, -0.15) is 0 Å². The zero-order chi connectivity index (χ0) is 12.3. The highest BCUT2D eigenvalue weighted by Crippen LogP contribution is 2.44. The van der Waals surface area contributed by atoms with E-state index in [1.54, 1.807) is 0 Å². The van der Waals surface area contributed by atoms with Crippen LogP contribution in [0.25, 0.3) is 0 Å². The average molecular weight is 246 g/mol. The summed E-state index contributed by atoms with van der Waals surface area (Å²) < 4.78 is 15.2. The molecule has 0 bridgehead atoms. The molecule has 0 aliphatic carbocycles. The van der Waals surface area contributed by atoms with E-state index in [-0.39, 0.29) is 16.3 Å². The Morgan fingerprint density at radius 3 is 2.12 bits per heavy atom. The van der Waals surface area contributed by atoms with E-state index in [2.05, 4.69) is 0 Å². The number of hydrogen-bond donors (Lipinski definition) is 1. The van der Waals surface area contributed by atoms with E-state index in [0.717, 1.165) is 0 Å². The molecule has 1 aromatic carbocycles. The Balaban J connectivity index is 3.54. The van der Waals surface area contributed by atoms with Crippen LogP contribution in [0, 0.1) is 0 Å². The van der Waals surface area contributed by atoms with E-state index >= 15 is 0 Å². The molecule has 1 rings (SSSR count). The Kier molecular flexibility index (Phi) is 3.84. The lowest BCUT2D eigenvalue weighted by molar-refractivity contribution is 0.0999. The molecule has 0 aliphatic heterocycles. The van der Waals surface area contributed by atoms with Gasteiger partial charge in [-0.1, -0.05) is 11.6 Å². The van der Waals surface area contributed by atoms with Crippen LogP contribution in [0.2, 0.25) is 5.02 Å². The molecule has 0 fully saturated rings. The SMILES string of the molecule is COc1cc(C(N)=O)c(Cl)c(OC)c1OC. The van der Waals surface area contributed by atoms with E-state index < -0.39 is 5.91 Å². The average Bonchev–Trinajstić information content (AvgIpc) is 2.27. The summed E-state index contributed by atoms with van der Waals surface area (Å²) in [7, 11) is 4.30. The van der Waals surface area contributed by atoms with Crippen molar-refractivity contribution >= 4 is 17.5 Å². The van der Waals surface area contributed by atoms with Gasteiger partial charge in [0.2, 0.25) is 11.7 Å². The Morgan fingerprint density at radius 2 is 1.75 bits per heavy atom. The second-order valence-electron chi connectivity index (χ2n) is 2.87. The molecular weight excluding hydrogens is 234 g/mol. The third kappa shape index (κ3) is 1.99. The van der Waals surface area contributed by atoms with Gasteiger partial charge in [0.25, 0.3) is 0 Å². The van der Waals surface area contributed by atoms with Crippen LogP contribution < -0.4 is 19.9 Å². The third-order valence-corrected chi connectivity index (χ3v) is 2.41. The number of carbonyl (C=O) groups is 1. The van der Waals surface area contributed by atoms with Gasteiger partial charge >= 0.3 is 0 Å². The quantitative estimate of drug-likeness (QED) is 0.872. The van der Waals surface area contributed by atoms with Gasteiger partial charge in [0.1, 0.15) is 0 Å². The van der Waals surface area contributed by atoms with Crippen LogP contribution in [0.5, 0.6) is 17.2 Å². The highest BCUT2D eigenvalue weighted by atomic mass is 35.5. The molecular formula is C10H12ClNO4. The van der Waals surface area contributed by atoms with Gasteiger partial charge in [0, 0.05) is 0 Å². The first-order valence-corrected chi connectivity index (χ1v) is 4.72. The predicted octanol–water partition coefficient (Wildman–Crippen LogP) is 1.46. The molecule has 88 valence electrons. The summed E-state index contributed by atoms with van der Waals surface area (Å²) in [6.07, 6.45) is 0. The first kappa shape index (κ1) is 12.4. The molecule has 0 unspecified atom stereocenters. The molecule has 0 atom stereocenters. The van der Waals surface area contributed by atoms with E-state index in [1.165, 1.54) is 27.4 Å². The number of benzene rings is 1. The van der Waals surface area contributed by atoms with Crippen LogP contribution >= 0.6 is 11.6 Å². The summed E-state index contributed by atoms with van der Waals surface area (Å²) in [5.41, 5.74) is 5.30. The van der Waals surface area contributed by atoms with Crippen LogP contribution in [-0.4, -0.2) is 27.2 Å². The maximum Gasteiger partial charge on any atom is 0.250 e. The standard InChI is InChI=1S/C10H12ClNO4/c1-14-6-4-5(10(12)13)7(11)9(16-3)8(6)15-2/h4H,1-3H3,(H2,12,13). The number of carbonyl (C=O) groups excluding carboxylic acids is 1. The molecule has 0 radical (unpaired) electrons. The zero-order valence-electron chi connectivity index (χ0n) is 9.17. The summed E-state index contributed by atoms with van der Waals surface area (Å²) in [5, 5.41) is 0.104. The summed E-state index contributed by atoms with van der Waals surface area (Å²) in [5.74, 6) is 0.208. The van der Waals surface area contributed by atoms with E-state index in [4.69, 9.17) is 31.5 Å². The largest absolute Gasteiger partial charge is 0.493 e. The summed E-state index contributed by atoms with van der Waals surface area (Å²) in [6, 6.07) is 1.41. The molecule has 1 amide bonds. The zero-order valence-corrected chi connectivity index (χ0v) is 9.92. The molecule has 0 saturated heterocycles. The molecule has 16 heavy (non-hydrogen) atoms. The minimum Gasteiger partial charge on any atom is -0.493 e. The van der Waals surface area contributed by atoms with Crippen LogP contribution in [0.1, 0.15) is 10.4 Å². The number of hydrogen-bond acceptors (Lipinski definition) is 4. The second kappa shape index (κ2) is 4.94. The fraction of sp³-hybridized carbons (Fsp3) is 0.300. The van der Waals surface area contributed by atoms with Gasteiger partial charge in [0.15, 0.2) is 11.5 Å². The van der Waals surface area contributed by atoms with Crippen LogP contribution in [0.4, 0.5) is 0 Å². The normalized spacial score (nSPS) is 9.75. The highest BCUT2D eigenvalue weighted by Gasteiger charge is 2.21. The topological polar surface area (TPSA) is 70.8 Å². The van der Waals surface area contributed by atoms with Gasteiger partial charge in [-0.15, -0.1) is 0 Å². The van der Waals surface area contributed by atoms with Crippen molar-refractivity contribution in [1.29, 1.82) is 0 Å². The van der Waals surface area contributed by atoms with E-state index in [1.807, 2.05) is 0 Å². The monoisotopic (exact) mass is 245 g/mol. The first-order chi connectivity index (χ1) is 7.56. The van der Waals surface area contributed by atoms with Gasteiger partial charge in [-0.25, -0.2) is 0 Å². The third-order valence-electron chi connectivity index (χ3n) is 2.03. The van der Waals surface area contributed by atoms with Crippen LogP contribution in [0.3, 0.4) is 0 Å². The van der Waals surface area contributed by atoms with Gasteiger partial charge < -0.3 is 19.9 Å². The van der Waals surface area contributed by atoms with Crippen molar-refractivity contribution in [2.24, 2.45) is 5.73 Å². The Hall–Kier alpha value is -1.62. The number of halogens is 1. The number of ether oxygens (including phenoxy) is 3. The minimum absolute atomic E-state index is 0.104. The van der Waals surface area contributed by atoms with Gasteiger partial charge in [0.05, 0.1) is 31.9 Å². The molecule has 0 spiro atoms. The second-order valence-corrected chi connectivity index (χ2v) is 3.25. The highest BCUT2D eigenvalue weighted by molar-refractivity contribution is 6.35. The Labute approximate surface area is 98.0 Å². The van der Waals surface area contributed by atoms with E-state index in [0.29, 0.717) is 11.5 Å². The molecule has 6 heteroatoms. The summed E-state index contributed by atoms with van der Waals surface area (Å²) in [6.45, 7) is 0. The number of amides is 1. The summed E-state index contributed by atoms with van der Waals surface area (Å²) >= 11 is 5.96. The maximum absolute atomic E-state index is 11.1. The van der Waals surface area contributed by atoms with Crippen LogP contribution in [0.15, 0.2) is 6.07 Å². The van der Waals surface area contributed by atoms with Crippen molar-refractivity contribution in [3.63, 3.8) is 0 Å². The van der Waals surface area contributed by atoms with E-state index in [9.17, 15) is 4.79 Å². The summed E-state index contributed by atoms with van der Waals surface area (Å²) in [4.78, 5) is 11.1. The molecule has 0 saturated carbocycles.